The molecule has 1 heterocycles. The third-order valence-electron chi connectivity index (χ3n) is 4.89. The van der Waals surface area contributed by atoms with Crippen molar-refractivity contribution in [3.05, 3.63) is 94.8 Å². The Kier molecular flexibility index (Phi) is 6.87. The van der Waals surface area contributed by atoms with Crippen LogP contribution in [0, 0.1) is 12.7 Å². The number of aromatic nitrogens is 3. The fourth-order valence-electron chi connectivity index (χ4n) is 3.21. The summed E-state index contributed by atoms with van der Waals surface area (Å²) in [5.74, 6) is -0.0292. The summed E-state index contributed by atoms with van der Waals surface area (Å²) in [5, 5.41) is 12.5. The van der Waals surface area contributed by atoms with E-state index in [1.807, 2.05) is 41.8 Å². The van der Waals surface area contributed by atoms with Crippen molar-refractivity contribution in [1.82, 2.24) is 14.8 Å². The van der Waals surface area contributed by atoms with Crippen molar-refractivity contribution >= 4 is 35.0 Å². The fraction of sp³-hybridized carbons (Fsp3) is 0.125. The number of hydrogen-bond donors (Lipinski definition) is 1. The summed E-state index contributed by atoms with van der Waals surface area (Å²) in [6.07, 6.45) is 0. The second-order valence-electron chi connectivity index (χ2n) is 7.11. The summed E-state index contributed by atoms with van der Waals surface area (Å²) in [4.78, 5) is 12.6. The molecule has 0 spiro atoms. The molecule has 0 aliphatic heterocycles. The number of carbonyl (C=O) groups is 1. The van der Waals surface area contributed by atoms with Crippen LogP contribution in [0.1, 0.15) is 11.1 Å². The van der Waals surface area contributed by atoms with E-state index in [4.69, 9.17) is 11.6 Å². The van der Waals surface area contributed by atoms with E-state index in [0.717, 1.165) is 11.1 Å². The lowest BCUT2D eigenvalue weighted by atomic mass is 10.2. The van der Waals surface area contributed by atoms with Gasteiger partial charge in [0.15, 0.2) is 11.0 Å². The molecule has 0 saturated heterocycles. The molecule has 0 unspecified atom stereocenters. The highest BCUT2D eigenvalue weighted by Gasteiger charge is 2.18. The van der Waals surface area contributed by atoms with Gasteiger partial charge in [-0.2, -0.15) is 0 Å². The number of nitrogens with one attached hydrogen (secondary N) is 1. The molecule has 0 aliphatic rings. The van der Waals surface area contributed by atoms with Crippen LogP contribution >= 0.6 is 23.4 Å². The Balaban J connectivity index is 1.57. The average Bonchev–Trinajstić information content (AvgIpc) is 3.18. The third kappa shape index (κ3) is 5.00. The number of benzene rings is 3. The largest absolute Gasteiger partial charge is 0.325 e. The van der Waals surface area contributed by atoms with Crippen LogP contribution in [0.3, 0.4) is 0 Å². The van der Waals surface area contributed by atoms with E-state index in [2.05, 4.69) is 15.5 Å². The van der Waals surface area contributed by atoms with Gasteiger partial charge in [0, 0.05) is 10.7 Å². The molecule has 1 N–H and O–H groups in total. The normalized spacial score (nSPS) is 10.8. The first-order valence-corrected chi connectivity index (χ1v) is 11.3. The summed E-state index contributed by atoms with van der Waals surface area (Å²) in [7, 11) is 0. The molecular formula is C24H20ClFN4OS. The Labute approximate surface area is 194 Å². The van der Waals surface area contributed by atoms with Gasteiger partial charge in [0.25, 0.3) is 0 Å². The summed E-state index contributed by atoms with van der Waals surface area (Å²) >= 11 is 7.38. The van der Waals surface area contributed by atoms with Crippen molar-refractivity contribution in [1.29, 1.82) is 0 Å². The molecule has 0 aliphatic carbocycles. The topological polar surface area (TPSA) is 59.8 Å². The summed E-state index contributed by atoms with van der Waals surface area (Å²) < 4.78 is 16.3. The van der Waals surface area contributed by atoms with Crippen LogP contribution in [-0.2, 0) is 11.3 Å². The summed E-state index contributed by atoms with van der Waals surface area (Å²) in [6.45, 7) is 2.30. The zero-order valence-corrected chi connectivity index (χ0v) is 18.8. The molecule has 4 rings (SSSR count). The molecule has 5 nitrogen and oxygen atoms in total. The molecule has 0 radical (unpaired) electrons. The molecule has 0 bridgehead atoms. The van der Waals surface area contributed by atoms with Crippen molar-refractivity contribution in [2.75, 3.05) is 11.1 Å². The van der Waals surface area contributed by atoms with E-state index < -0.39 is 0 Å². The number of amides is 1. The summed E-state index contributed by atoms with van der Waals surface area (Å²) in [5.41, 5.74) is 2.86. The minimum atomic E-state index is -0.375. The highest BCUT2D eigenvalue weighted by Crippen LogP contribution is 2.28. The first kappa shape index (κ1) is 22.0. The van der Waals surface area contributed by atoms with Gasteiger partial charge >= 0.3 is 0 Å². The van der Waals surface area contributed by atoms with Gasteiger partial charge in [0.1, 0.15) is 5.82 Å². The van der Waals surface area contributed by atoms with Crippen LogP contribution in [0.15, 0.2) is 78.0 Å². The Hall–Kier alpha value is -3.16. The van der Waals surface area contributed by atoms with Crippen LogP contribution in [0.4, 0.5) is 10.1 Å². The van der Waals surface area contributed by atoms with Gasteiger partial charge in [-0.15, -0.1) is 10.2 Å². The van der Waals surface area contributed by atoms with Gasteiger partial charge in [-0.05, 0) is 42.3 Å². The van der Waals surface area contributed by atoms with Crippen LogP contribution in [0.2, 0.25) is 5.02 Å². The van der Waals surface area contributed by atoms with Crippen molar-refractivity contribution in [2.24, 2.45) is 0 Å². The molecule has 1 aromatic heterocycles. The second kappa shape index (κ2) is 9.97. The smallest absolute Gasteiger partial charge is 0.234 e. The minimum Gasteiger partial charge on any atom is -0.325 e. The number of rotatable bonds is 7. The summed E-state index contributed by atoms with van der Waals surface area (Å²) in [6, 6.07) is 21.6. The molecule has 0 atom stereocenters. The highest BCUT2D eigenvalue weighted by molar-refractivity contribution is 7.99. The number of nitrogens with zero attached hydrogens (tertiary/aromatic N) is 3. The molecule has 3 aromatic carbocycles. The van der Waals surface area contributed by atoms with Gasteiger partial charge in [-0.3, -0.25) is 9.36 Å². The van der Waals surface area contributed by atoms with Gasteiger partial charge in [0.05, 0.1) is 17.9 Å². The Morgan fingerprint density at radius 1 is 1.03 bits per heavy atom. The van der Waals surface area contributed by atoms with E-state index in [0.29, 0.717) is 33.8 Å². The maximum atomic E-state index is 14.5. The highest BCUT2D eigenvalue weighted by atomic mass is 35.5. The Bertz CT molecular complexity index is 1250. The predicted octanol–water partition coefficient (Wildman–Crippen LogP) is 5.83. The first-order chi connectivity index (χ1) is 15.5. The van der Waals surface area contributed by atoms with E-state index in [9.17, 15) is 9.18 Å². The zero-order valence-electron chi connectivity index (χ0n) is 17.3. The molecule has 1 amide bonds. The number of anilines is 1. The molecule has 8 heteroatoms. The van der Waals surface area contributed by atoms with Gasteiger partial charge in [-0.1, -0.05) is 71.9 Å². The van der Waals surface area contributed by atoms with E-state index in [-0.39, 0.29) is 17.5 Å². The maximum Gasteiger partial charge on any atom is 0.234 e. The number of thioether (sulfide) groups is 1. The van der Waals surface area contributed by atoms with Crippen LogP contribution in [0.25, 0.3) is 11.4 Å². The zero-order chi connectivity index (χ0) is 22.5. The van der Waals surface area contributed by atoms with Crippen molar-refractivity contribution < 1.29 is 9.18 Å². The van der Waals surface area contributed by atoms with E-state index in [1.54, 1.807) is 36.4 Å². The molecule has 0 fully saturated rings. The lowest BCUT2D eigenvalue weighted by Crippen LogP contribution is -2.15. The predicted molar refractivity (Wildman–Crippen MR) is 127 cm³/mol. The quantitative estimate of drug-likeness (QED) is 0.348. The third-order valence-corrected chi connectivity index (χ3v) is 6.27. The lowest BCUT2D eigenvalue weighted by Gasteiger charge is -2.12. The second-order valence-corrected chi connectivity index (χ2v) is 8.46. The van der Waals surface area contributed by atoms with Crippen molar-refractivity contribution in [2.45, 2.75) is 18.6 Å². The van der Waals surface area contributed by atoms with Crippen LogP contribution in [-0.4, -0.2) is 26.4 Å². The molecule has 162 valence electrons. The van der Waals surface area contributed by atoms with Gasteiger partial charge in [-0.25, -0.2) is 4.39 Å². The van der Waals surface area contributed by atoms with Gasteiger partial charge < -0.3 is 5.32 Å². The first-order valence-electron chi connectivity index (χ1n) is 9.92. The average molecular weight is 467 g/mol. The monoisotopic (exact) mass is 466 g/mol. The number of hydrogen-bond acceptors (Lipinski definition) is 4. The standard InChI is InChI=1S/C24H20ClFN4OS/c1-16-19(25)11-7-13-21(16)27-22(31)15-32-24-29-28-23(18-10-5-6-12-20(18)26)30(24)14-17-8-3-2-4-9-17/h2-13H,14-15H2,1H3,(H,27,31). The Morgan fingerprint density at radius 3 is 2.56 bits per heavy atom. The maximum absolute atomic E-state index is 14.5. The fourth-order valence-corrected chi connectivity index (χ4v) is 4.12. The van der Waals surface area contributed by atoms with Gasteiger partial charge in [0.2, 0.25) is 5.91 Å². The van der Waals surface area contributed by atoms with E-state index >= 15 is 0 Å². The SMILES string of the molecule is Cc1c(Cl)cccc1NC(=O)CSc1nnc(-c2ccccc2F)n1Cc1ccccc1. The van der Waals surface area contributed by atoms with Crippen LogP contribution < -0.4 is 5.32 Å². The number of halogens is 2. The lowest BCUT2D eigenvalue weighted by molar-refractivity contribution is -0.113. The minimum absolute atomic E-state index is 0.121. The van der Waals surface area contributed by atoms with Crippen LogP contribution in [0.5, 0.6) is 0 Å². The molecular weight excluding hydrogens is 447 g/mol. The van der Waals surface area contributed by atoms with Crippen molar-refractivity contribution in [3.63, 3.8) is 0 Å². The Morgan fingerprint density at radius 2 is 1.78 bits per heavy atom. The van der Waals surface area contributed by atoms with Crippen molar-refractivity contribution in [3.8, 4) is 11.4 Å². The molecule has 4 aromatic rings. The van der Waals surface area contributed by atoms with E-state index in [1.165, 1.54) is 17.8 Å². The molecule has 32 heavy (non-hydrogen) atoms. The number of carbonyl (C=O) groups excluding carboxylic acids is 1. The molecule has 0 saturated carbocycles.